The van der Waals surface area contributed by atoms with Crippen LogP contribution in [0.3, 0.4) is 0 Å². The lowest BCUT2D eigenvalue weighted by Gasteiger charge is -2.16. The molecule has 0 unspecified atom stereocenters. The molecule has 0 aromatic heterocycles. The van der Waals surface area contributed by atoms with Crippen molar-refractivity contribution in [2.24, 2.45) is 0 Å². The summed E-state index contributed by atoms with van der Waals surface area (Å²) in [4.78, 5) is 22.5. The van der Waals surface area contributed by atoms with Gasteiger partial charge >= 0.3 is 0 Å². The fourth-order valence-electron chi connectivity index (χ4n) is 2.92. The number of nitro groups is 1. The molecule has 3 rings (SSSR count). The molecule has 1 heterocycles. The number of nitro benzene ring substituents is 1. The van der Waals surface area contributed by atoms with Gasteiger partial charge < -0.3 is 5.32 Å². The predicted octanol–water partition coefficient (Wildman–Crippen LogP) is 3.10. The molecular weight excluding hydrogens is 382 g/mol. The molecule has 9 heteroatoms. The molecule has 0 aliphatic carbocycles. The molecule has 1 fully saturated rings. The summed E-state index contributed by atoms with van der Waals surface area (Å²) in [6.07, 6.45) is 3.51. The highest BCUT2D eigenvalue weighted by atomic mass is 32.2. The number of rotatable bonds is 5. The van der Waals surface area contributed by atoms with E-state index in [0.717, 1.165) is 5.56 Å². The van der Waals surface area contributed by atoms with Crippen LogP contribution >= 0.6 is 0 Å². The van der Waals surface area contributed by atoms with Gasteiger partial charge in [0.05, 0.1) is 16.4 Å². The number of amides is 1. The summed E-state index contributed by atoms with van der Waals surface area (Å²) in [6.45, 7) is 2.10. The predicted molar refractivity (Wildman–Crippen MR) is 108 cm³/mol. The van der Waals surface area contributed by atoms with Gasteiger partial charge in [-0.2, -0.15) is 0 Å². The van der Waals surface area contributed by atoms with E-state index in [9.17, 15) is 23.3 Å². The quantitative estimate of drug-likeness (QED) is 0.470. The number of nitrogens with one attached hydrogen (secondary N) is 1. The van der Waals surface area contributed by atoms with Crippen LogP contribution in [0, 0.1) is 17.0 Å². The van der Waals surface area contributed by atoms with Gasteiger partial charge in [0.15, 0.2) is 0 Å². The smallest absolute Gasteiger partial charge is 0.274 e. The third-order valence-electron chi connectivity index (χ3n) is 4.38. The highest BCUT2D eigenvalue weighted by molar-refractivity contribution is 7.93. The van der Waals surface area contributed by atoms with Gasteiger partial charge in [-0.05, 0) is 43.2 Å². The third-order valence-corrected chi connectivity index (χ3v) is 6.25. The normalized spacial score (nSPS) is 15.7. The van der Waals surface area contributed by atoms with Gasteiger partial charge in [0, 0.05) is 29.9 Å². The van der Waals surface area contributed by atoms with Gasteiger partial charge in [-0.1, -0.05) is 18.2 Å². The second-order valence-corrected chi connectivity index (χ2v) is 8.43. The third kappa shape index (κ3) is 4.37. The van der Waals surface area contributed by atoms with E-state index in [0.29, 0.717) is 29.9 Å². The molecule has 146 valence electrons. The minimum absolute atomic E-state index is 0.0609. The minimum Gasteiger partial charge on any atom is -0.322 e. The van der Waals surface area contributed by atoms with Crippen LogP contribution in [0.25, 0.3) is 6.08 Å². The Morgan fingerprint density at radius 1 is 1.21 bits per heavy atom. The van der Waals surface area contributed by atoms with Gasteiger partial charge in [-0.15, -0.1) is 0 Å². The monoisotopic (exact) mass is 401 g/mol. The molecule has 1 amide bonds. The zero-order valence-corrected chi connectivity index (χ0v) is 16.0. The zero-order chi connectivity index (χ0) is 20.3. The summed E-state index contributed by atoms with van der Waals surface area (Å²) in [7, 11) is -3.22. The number of hydrogen-bond donors (Lipinski definition) is 1. The fraction of sp³-hybridized carbons (Fsp3) is 0.211. The van der Waals surface area contributed by atoms with Crippen LogP contribution < -0.4 is 9.62 Å². The van der Waals surface area contributed by atoms with Crippen molar-refractivity contribution in [3.8, 4) is 0 Å². The maximum atomic E-state index is 12.1. The molecule has 28 heavy (non-hydrogen) atoms. The second kappa shape index (κ2) is 7.81. The van der Waals surface area contributed by atoms with Crippen LogP contribution in [0.4, 0.5) is 17.1 Å². The summed E-state index contributed by atoms with van der Waals surface area (Å²) in [6, 6.07) is 11.3. The Bertz CT molecular complexity index is 1050. The van der Waals surface area contributed by atoms with Gasteiger partial charge in [0.25, 0.3) is 5.69 Å². The number of carbonyl (C=O) groups excluding carboxylic acids is 1. The molecule has 0 saturated carbocycles. The first-order valence-electron chi connectivity index (χ1n) is 8.61. The maximum Gasteiger partial charge on any atom is 0.274 e. The molecule has 0 radical (unpaired) electrons. The number of aryl methyl sites for hydroxylation is 1. The van der Waals surface area contributed by atoms with Crippen molar-refractivity contribution in [1.82, 2.24) is 0 Å². The first-order valence-corrected chi connectivity index (χ1v) is 10.2. The van der Waals surface area contributed by atoms with Crippen molar-refractivity contribution < 1.29 is 18.1 Å². The maximum absolute atomic E-state index is 12.1. The summed E-state index contributed by atoms with van der Waals surface area (Å²) < 4.78 is 25.3. The summed E-state index contributed by atoms with van der Waals surface area (Å²) in [5.74, 6) is -0.268. The summed E-state index contributed by atoms with van der Waals surface area (Å²) in [5, 5.41) is 13.6. The molecule has 1 aliphatic rings. The highest BCUT2D eigenvalue weighted by Crippen LogP contribution is 2.25. The molecule has 0 atom stereocenters. The van der Waals surface area contributed by atoms with E-state index in [-0.39, 0.29) is 11.4 Å². The van der Waals surface area contributed by atoms with Crippen LogP contribution in [0.5, 0.6) is 0 Å². The fourth-order valence-corrected chi connectivity index (χ4v) is 4.49. The Balaban J connectivity index is 1.66. The molecule has 1 N–H and O–H groups in total. The molecule has 2 aromatic rings. The van der Waals surface area contributed by atoms with E-state index in [2.05, 4.69) is 5.32 Å². The van der Waals surface area contributed by atoms with Gasteiger partial charge in [0.1, 0.15) is 0 Å². The number of hydrogen-bond acceptors (Lipinski definition) is 5. The Kier molecular flexibility index (Phi) is 5.46. The van der Waals surface area contributed by atoms with Crippen LogP contribution in [0.2, 0.25) is 0 Å². The lowest BCUT2D eigenvalue weighted by molar-refractivity contribution is -0.385. The number of carbonyl (C=O) groups is 1. The molecule has 8 nitrogen and oxygen atoms in total. The van der Waals surface area contributed by atoms with Crippen LogP contribution in [-0.4, -0.2) is 31.5 Å². The first-order chi connectivity index (χ1) is 13.3. The van der Waals surface area contributed by atoms with E-state index in [1.54, 1.807) is 49.4 Å². The average molecular weight is 401 g/mol. The number of anilines is 2. The van der Waals surface area contributed by atoms with E-state index in [4.69, 9.17) is 0 Å². The average Bonchev–Trinajstić information content (AvgIpc) is 3.01. The second-order valence-electron chi connectivity index (χ2n) is 6.41. The topological polar surface area (TPSA) is 110 Å². The molecule has 2 aromatic carbocycles. The zero-order valence-electron chi connectivity index (χ0n) is 15.2. The van der Waals surface area contributed by atoms with E-state index in [1.165, 1.54) is 16.4 Å². The number of nitrogens with zero attached hydrogens (tertiary/aromatic N) is 2. The molecule has 0 bridgehead atoms. The molecule has 1 saturated heterocycles. The highest BCUT2D eigenvalue weighted by Gasteiger charge is 2.28. The van der Waals surface area contributed by atoms with Gasteiger partial charge in [0.2, 0.25) is 15.9 Å². The molecular formula is C19H19N3O5S. The van der Waals surface area contributed by atoms with E-state index in [1.807, 2.05) is 0 Å². The van der Waals surface area contributed by atoms with Crippen LogP contribution in [0.1, 0.15) is 17.5 Å². The Morgan fingerprint density at radius 2 is 1.93 bits per heavy atom. The molecule has 0 spiro atoms. The van der Waals surface area contributed by atoms with Gasteiger partial charge in [-0.3, -0.25) is 19.2 Å². The SMILES string of the molecule is Cc1ccc(NC(=O)/C=C/c2ccc(N3CCCS3(=O)=O)cc2)cc1[N+](=O)[O-]. The Labute approximate surface area is 162 Å². The number of sulfonamides is 1. The number of benzene rings is 2. The molecule has 1 aliphatic heterocycles. The van der Waals surface area contributed by atoms with E-state index >= 15 is 0 Å². The van der Waals surface area contributed by atoms with E-state index < -0.39 is 20.9 Å². The van der Waals surface area contributed by atoms with Gasteiger partial charge in [-0.25, -0.2) is 8.42 Å². The Hall–Kier alpha value is -3.20. The standard InChI is InChI=1S/C19H19N3O5S/c1-14-3-7-16(13-18(14)22(24)25)20-19(23)10-6-15-4-8-17(9-5-15)21-11-2-12-28(21,26)27/h3-10,13H,2,11-12H2,1H3,(H,20,23)/b10-6+. The largest absolute Gasteiger partial charge is 0.322 e. The summed E-state index contributed by atoms with van der Waals surface area (Å²) >= 11 is 0. The lowest BCUT2D eigenvalue weighted by atomic mass is 10.1. The summed E-state index contributed by atoms with van der Waals surface area (Å²) in [5.41, 5.74) is 2.12. The van der Waals surface area contributed by atoms with Crippen molar-refractivity contribution in [2.45, 2.75) is 13.3 Å². The van der Waals surface area contributed by atoms with Crippen LogP contribution in [-0.2, 0) is 14.8 Å². The van der Waals surface area contributed by atoms with Crippen LogP contribution in [0.15, 0.2) is 48.5 Å². The van der Waals surface area contributed by atoms with Crippen molar-refractivity contribution in [1.29, 1.82) is 0 Å². The van der Waals surface area contributed by atoms with Crippen molar-refractivity contribution >= 4 is 39.1 Å². The lowest BCUT2D eigenvalue weighted by Crippen LogP contribution is -2.24. The first kappa shape index (κ1) is 19.6. The van der Waals surface area contributed by atoms with Crippen molar-refractivity contribution in [2.75, 3.05) is 21.9 Å². The van der Waals surface area contributed by atoms with Crippen molar-refractivity contribution in [3.63, 3.8) is 0 Å². The minimum atomic E-state index is -3.22. The Morgan fingerprint density at radius 3 is 2.54 bits per heavy atom. The van der Waals surface area contributed by atoms with Crippen molar-refractivity contribution in [3.05, 3.63) is 69.8 Å².